The minimum Gasteiger partial charge on any atom is -0.450 e. The van der Waals surface area contributed by atoms with Crippen LogP contribution in [0.4, 0.5) is 10.5 Å². The molecule has 2 aromatic carbocycles. The van der Waals surface area contributed by atoms with Gasteiger partial charge < -0.3 is 10.1 Å². The average Bonchev–Trinajstić information content (AvgIpc) is 2.56. The molecule has 3 rings (SSSR count). The molecule has 0 aromatic heterocycles. The first-order valence-electron chi connectivity index (χ1n) is 8.01. The number of carbonyl (C=O) groups is 1. The van der Waals surface area contributed by atoms with E-state index in [4.69, 9.17) is 4.74 Å². The molecule has 2 aromatic rings. The number of rotatable bonds is 3. The van der Waals surface area contributed by atoms with E-state index in [9.17, 15) is 4.79 Å². The first-order chi connectivity index (χ1) is 11.1. The summed E-state index contributed by atoms with van der Waals surface area (Å²) in [6.07, 6.45) is 0.531. The van der Waals surface area contributed by atoms with Gasteiger partial charge in [-0.25, -0.2) is 4.79 Å². The predicted molar refractivity (Wildman–Crippen MR) is 98.9 cm³/mol. The summed E-state index contributed by atoms with van der Waals surface area (Å²) in [6.45, 7) is 5.27. The Bertz CT molecular complexity index is 706. The number of fused-ring (bicyclic) bond motifs is 1. The number of anilines is 1. The molecule has 0 aliphatic carbocycles. The number of carbonyl (C=O) groups excluding carboxylic acids is 1. The zero-order valence-corrected chi connectivity index (χ0v) is 14.8. The molecule has 0 saturated heterocycles. The van der Waals surface area contributed by atoms with Crippen LogP contribution < -0.4 is 10.6 Å². The Morgan fingerprint density at radius 3 is 2.71 bits per heavy atom. The van der Waals surface area contributed by atoms with Crippen molar-refractivity contribution in [2.24, 2.45) is 0 Å². The van der Waals surface area contributed by atoms with Gasteiger partial charge in [-0.3, -0.25) is 5.32 Å². The second-order valence-electron chi connectivity index (χ2n) is 5.89. The van der Waals surface area contributed by atoms with Crippen molar-refractivity contribution in [1.82, 2.24) is 5.32 Å². The highest BCUT2D eigenvalue weighted by molar-refractivity contribution is 5.85. The second kappa shape index (κ2) is 7.69. The molecule has 128 valence electrons. The standard InChI is InChI=1S/C19H22N2O2.ClH/c1-3-23-18(22)21-16-9-10-17-14(13-16)11-12-20-19(17,2)15-7-5-4-6-8-15;/h4-10,13,20H,3,11-12H2,1-2H3,(H,21,22);1H. The highest BCUT2D eigenvalue weighted by Gasteiger charge is 2.33. The Balaban J connectivity index is 0.00000208. The van der Waals surface area contributed by atoms with Crippen LogP contribution in [-0.4, -0.2) is 19.2 Å². The molecule has 0 fully saturated rings. The predicted octanol–water partition coefficient (Wildman–Crippen LogP) is 4.09. The van der Waals surface area contributed by atoms with E-state index >= 15 is 0 Å². The van der Waals surface area contributed by atoms with Crippen LogP contribution in [0.1, 0.15) is 30.5 Å². The third-order valence-corrected chi connectivity index (χ3v) is 4.39. The molecule has 0 saturated carbocycles. The summed E-state index contributed by atoms with van der Waals surface area (Å²) >= 11 is 0. The van der Waals surface area contributed by atoms with E-state index in [0.717, 1.165) is 18.7 Å². The van der Waals surface area contributed by atoms with Crippen LogP contribution in [0.15, 0.2) is 48.5 Å². The molecule has 1 aliphatic rings. The van der Waals surface area contributed by atoms with Crippen LogP contribution in [0.25, 0.3) is 0 Å². The van der Waals surface area contributed by atoms with Gasteiger partial charge in [-0.1, -0.05) is 36.4 Å². The van der Waals surface area contributed by atoms with Gasteiger partial charge in [0, 0.05) is 12.2 Å². The van der Waals surface area contributed by atoms with Crippen molar-refractivity contribution >= 4 is 24.2 Å². The molecule has 4 nitrogen and oxygen atoms in total. The fraction of sp³-hybridized carbons (Fsp3) is 0.316. The van der Waals surface area contributed by atoms with Gasteiger partial charge >= 0.3 is 6.09 Å². The molecule has 24 heavy (non-hydrogen) atoms. The normalized spacial score (nSPS) is 18.9. The smallest absolute Gasteiger partial charge is 0.411 e. The third kappa shape index (κ3) is 3.55. The fourth-order valence-electron chi connectivity index (χ4n) is 3.22. The molecule has 2 N–H and O–H groups in total. The summed E-state index contributed by atoms with van der Waals surface area (Å²) < 4.78 is 4.94. The highest BCUT2D eigenvalue weighted by Crippen LogP contribution is 2.35. The number of hydrogen-bond donors (Lipinski definition) is 2. The summed E-state index contributed by atoms with van der Waals surface area (Å²) in [5.41, 5.74) is 4.32. The van der Waals surface area contributed by atoms with Crippen molar-refractivity contribution in [3.63, 3.8) is 0 Å². The van der Waals surface area contributed by atoms with Crippen molar-refractivity contribution in [1.29, 1.82) is 0 Å². The van der Waals surface area contributed by atoms with E-state index in [-0.39, 0.29) is 17.9 Å². The van der Waals surface area contributed by atoms with Gasteiger partial charge in [0.05, 0.1) is 12.1 Å². The lowest BCUT2D eigenvalue weighted by Gasteiger charge is -2.38. The lowest BCUT2D eigenvalue weighted by Crippen LogP contribution is -2.45. The SMILES string of the molecule is CCOC(=O)Nc1ccc2c(c1)CCNC2(C)c1ccccc1.Cl. The summed E-state index contributed by atoms with van der Waals surface area (Å²) in [7, 11) is 0. The third-order valence-electron chi connectivity index (χ3n) is 4.39. The monoisotopic (exact) mass is 346 g/mol. The van der Waals surface area contributed by atoms with Crippen LogP contribution in [0.5, 0.6) is 0 Å². The molecule has 5 heteroatoms. The first-order valence-corrected chi connectivity index (χ1v) is 8.01. The lowest BCUT2D eigenvalue weighted by atomic mass is 9.78. The zero-order valence-electron chi connectivity index (χ0n) is 14.0. The summed E-state index contributed by atoms with van der Waals surface area (Å²) in [4.78, 5) is 11.6. The van der Waals surface area contributed by atoms with Gasteiger partial charge in [0.2, 0.25) is 0 Å². The van der Waals surface area contributed by atoms with E-state index in [1.54, 1.807) is 6.92 Å². The fourth-order valence-corrected chi connectivity index (χ4v) is 3.22. The van der Waals surface area contributed by atoms with Crippen LogP contribution in [0.2, 0.25) is 0 Å². The summed E-state index contributed by atoms with van der Waals surface area (Å²) in [5, 5.41) is 6.41. The maximum absolute atomic E-state index is 11.6. The molecule has 0 spiro atoms. The van der Waals surface area contributed by atoms with E-state index in [0.29, 0.717) is 6.61 Å². The number of ether oxygens (including phenoxy) is 1. The average molecular weight is 347 g/mol. The van der Waals surface area contributed by atoms with Crippen molar-refractivity contribution in [2.45, 2.75) is 25.8 Å². The number of hydrogen-bond acceptors (Lipinski definition) is 3. The summed E-state index contributed by atoms with van der Waals surface area (Å²) in [6, 6.07) is 16.5. The number of nitrogens with one attached hydrogen (secondary N) is 2. The van der Waals surface area contributed by atoms with E-state index in [1.807, 2.05) is 18.2 Å². The van der Waals surface area contributed by atoms with Crippen LogP contribution in [0.3, 0.4) is 0 Å². The molecule has 1 atom stereocenters. The molecule has 1 aliphatic heterocycles. The van der Waals surface area contributed by atoms with Crippen molar-refractivity contribution in [2.75, 3.05) is 18.5 Å². The molecular weight excluding hydrogens is 324 g/mol. The van der Waals surface area contributed by atoms with Gasteiger partial charge in [0.15, 0.2) is 0 Å². The number of halogens is 1. The number of amides is 1. The topological polar surface area (TPSA) is 50.4 Å². The van der Waals surface area contributed by atoms with E-state index in [1.165, 1.54) is 16.7 Å². The Hall–Kier alpha value is -2.04. The zero-order chi connectivity index (χ0) is 16.3. The molecule has 1 heterocycles. The van der Waals surface area contributed by atoms with Gasteiger partial charge in [-0.15, -0.1) is 12.4 Å². The highest BCUT2D eigenvalue weighted by atomic mass is 35.5. The Morgan fingerprint density at radius 2 is 2.00 bits per heavy atom. The lowest BCUT2D eigenvalue weighted by molar-refractivity contribution is 0.168. The molecule has 0 radical (unpaired) electrons. The van der Waals surface area contributed by atoms with E-state index < -0.39 is 6.09 Å². The van der Waals surface area contributed by atoms with Crippen LogP contribution >= 0.6 is 12.4 Å². The van der Waals surface area contributed by atoms with Crippen molar-refractivity contribution in [3.8, 4) is 0 Å². The molecule has 1 amide bonds. The summed E-state index contributed by atoms with van der Waals surface area (Å²) in [5.74, 6) is 0. The Morgan fingerprint density at radius 1 is 1.25 bits per heavy atom. The molecular formula is C19H23ClN2O2. The van der Waals surface area contributed by atoms with Gasteiger partial charge in [0.25, 0.3) is 0 Å². The van der Waals surface area contributed by atoms with Crippen LogP contribution in [0, 0.1) is 0 Å². The first kappa shape index (κ1) is 18.3. The maximum Gasteiger partial charge on any atom is 0.411 e. The van der Waals surface area contributed by atoms with Gasteiger partial charge in [-0.2, -0.15) is 0 Å². The largest absolute Gasteiger partial charge is 0.450 e. The Labute approximate surface area is 149 Å². The number of benzene rings is 2. The minimum absolute atomic E-state index is 0. The maximum atomic E-state index is 11.6. The molecule has 0 bridgehead atoms. The van der Waals surface area contributed by atoms with Crippen LogP contribution in [-0.2, 0) is 16.7 Å². The van der Waals surface area contributed by atoms with Gasteiger partial charge in [-0.05, 0) is 49.1 Å². The molecule has 1 unspecified atom stereocenters. The second-order valence-corrected chi connectivity index (χ2v) is 5.89. The minimum atomic E-state index is -0.410. The van der Waals surface area contributed by atoms with Crippen molar-refractivity contribution < 1.29 is 9.53 Å². The quantitative estimate of drug-likeness (QED) is 0.880. The van der Waals surface area contributed by atoms with E-state index in [2.05, 4.69) is 47.9 Å². The van der Waals surface area contributed by atoms with Crippen molar-refractivity contribution in [3.05, 3.63) is 65.2 Å². The van der Waals surface area contributed by atoms with Gasteiger partial charge in [0.1, 0.15) is 0 Å². The Kier molecular flexibility index (Phi) is 5.86.